The molecule has 1 N–H and O–H groups in total. The van der Waals surface area contributed by atoms with E-state index in [0.29, 0.717) is 0 Å². The van der Waals surface area contributed by atoms with Gasteiger partial charge in [0.25, 0.3) is 0 Å². The van der Waals surface area contributed by atoms with Crippen LogP contribution in [0.4, 0.5) is 4.79 Å². The smallest absolute Gasteiger partial charge is 0.410 e. The van der Waals surface area contributed by atoms with Crippen molar-refractivity contribution in [1.82, 2.24) is 9.80 Å². The first-order valence-electron chi connectivity index (χ1n) is 6.38. The normalized spacial score (nSPS) is 12.5. The number of hydrogen-bond acceptors (Lipinski definition) is 4. The molecule has 20 heavy (non-hydrogen) atoms. The van der Waals surface area contributed by atoms with E-state index in [1.165, 1.54) is 25.9 Å². The van der Waals surface area contributed by atoms with Crippen LogP contribution in [0.1, 0.15) is 34.1 Å². The second-order valence-corrected chi connectivity index (χ2v) is 5.67. The fraction of sp³-hybridized carbons (Fsp3) is 0.769. The van der Waals surface area contributed by atoms with Gasteiger partial charge in [0.1, 0.15) is 11.6 Å². The lowest BCUT2D eigenvalue weighted by atomic mass is 10.2. The fourth-order valence-electron chi connectivity index (χ4n) is 1.25. The number of aliphatic carboxylic acids is 1. The number of nitrogens with zero attached hydrogens (tertiary/aromatic N) is 2. The molecule has 0 rings (SSSR count). The van der Waals surface area contributed by atoms with Crippen molar-refractivity contribution in [2.24, 2.45) is 0 Å². The molecular weight excluding hydrogens is 264 g/mol. The Labute approximate surface area is 119 Å². The molecule has 0 unspecified atom stereocenters. The molecule has 0 heterocycles. The third-order valence-corrected chi connectivity index (χ3v) is 2.70. The number of carboxylic acid groups (broad SMARTS) is 1. The molecular formula is C13H24N2O5. The van der Waals surface area contributed by atoms with Gasteiger partial charge in [-0.25, -0.2) is 9.59 Å². The summed E-state index contributed by atoms with van der Waals surface area (Å²) in [5.41, 5.74) is -0.593. The van der Waals surface area contributed by atoms with Crippen molar-refractivity contribution >= 4 is 18.0 Å². The quantitative estimate of drug-likeness (QED) is 0.820. The third-order valence-electron chi connectivity index (χ3n) is 2.70. The maximum Gasteiger partial charge on any atom is 0.410 e. The molecule has 0 spiro atoms. The average molecular weight is 288 g/mol. The Bertz CT molecular complexity index is 375. The summed E-state index contributed by atoms with van der Waals surface area (Å²) in [6.07, 6.45) is -0.469. The van der Waals surface area contributed by atoms with Crippen LogP contribution in [0.2, 0.25) is 0 Å². The largest absolute Gasteiger partial charge is 0.480 e. The number of amides is 2. The molecule has 0 aromatic rings. The van der Waals surface area contributed by atoms with E-state index >= 15 is 0 Å². The lowest BCUT2D eigenvalue weighted by Crippen LogP contribution is -2.42. The highest BCUT2D eigenvalue weighted by Crippen LogP contribution is 2.09. The molecule has 0 saturated heterocycles. The van der Waals surface area contributed by atoms with Crippen LogP contribution in [0, 0.1) is 0 Å². The van der Waals surface area contributed by atoms with Gasteiger partial charge in [0.05, 0.1) is 0 Å². The Morgan fingerprint density at radius 1 is 1.20 bits per heavy atom. The topological polar surface area (TPSA) is 87.2 Å². The van der Waals surface area contributed by atoms with E-state index in [9.17, 15) is 14.4 Å². The first-order chi connectivity index (χ1) is 8.95. The fourth-order valence-corrected chi connectivity index (χ4v) is 1.25. The monoisotopic (exact) mass is 288 g/mol. The van der Waals surface area contributed by atoms with Gasteiger partial charge in [-0.3, -0.25) is 4.79 Å². The Balaban J connectivity index is 4.31. The van der Waals surface area contributed by atoms with Crippen molar-refractivity contribution in [3.63, 3.8) is 0 Å². The summed E-state index contributed by atoms with van der Waals surface area (Å²) in [5, 5.41) is 8.82. The maximum absolute atomic E-state index is 11.8. The number of carbonyl (C=O) groups excluding carboxylic acids is 2. The van der Waals surface area contributed by atoms with Crippen LogP contribution in [0.25, 0.3) is 0 Å². The van der Waals surface area contributed by atoms with E-state index in [0.717, 1.165) is 4.90 Å². The Hall–Kier alpha value is -1.79. The van der Waals surface area contributed by atoms with Crippen LogP contribution in [0.5, 0.6) is 0 Å². The highest BCUT2D eigenvalue weighted by Gasteiger charge is 2.23. The van der Waals surface area contributed by atoms with Gasteiger partial charge in [0.15, 0.2) is 0 Å². The van der Waals surface area contributed by atoms with Crippen LogP contribution >= 0.6 is 0 Å². The Kier molecular flexibility index (Phi) is 6.48. The van der Waals surface area contributed by atoms with Gasteiger partial charge < -0.3 is 19.6 Å². The Morgan fingerprint density at radius 2 is 1.70 bits per heavy atom. The molecule has 0 fully saturated rings. The lowest BCUT2D eigenvalue weighted by molar-refractivity contribution is -0.148. The van der Waals surface area contributed by atoms with Crippen molar-refractivity contribution in [3.05, 3.63) is 0 Å². The van der Waals surface area contributed by atoms with E-state index < -0.39 is 23.7 Å². The Morgan fingerprint density at radius 3 is 2.10 bits per heavy atom. The number of hydrogen-bond donors (Lipinski definition) is 1. The number of carboxylic acids is 1. The molecule has 1 atom stereocenters. The van der Waals surface area contributed by atoms with Crippen molar-refractivity contribution in [1.29, 1.82) is 0 Å². The zero-order chi connectivity index (χ0) is 16.1. The molecule has 0 aromatic heterocycles. The first kappa shape index (κ1) is 18.2. The van der Waals surface area contributed by atoms with Crippen molar-refractivity contribution in [3.8, 4) is 0 Å². The van der Waals surface area contributed by atoms with Gasteiger partial charge in [-0.15, -0.1) is 0 Å². The van der Waals surface area contributed by atoms with E-state index in [-0.39, 0.29) is 18.9 Å². The van der Waals surface area contributed by atoms with Crippen LogP contribution in [-0.2, 0) is 14.3 Å². The van der Waals surface area contributed by atoms with Crippen molar-refractivity contribution in [2.45, 2.75) is 45.8 Å². The van der Waals surface area contributed by atoms with Crippen LogP contribution in [-0.4, -0.2) is 65.2 Å². The van der Waals surface area contributed by atoms with Gasteiger partial charge in [-0.05, 0) is 27.7 Å². The maximum atomic E-state index is 11.8. The molecule has 0 aromatic carbocycles. The molecule has 2 amide bonds. The standard InChI is InChI=1S/C13H24N2O5/c1-9(11(17)18)15(6)10(16)7-8-14(5)12(19)20-13(2,3)4/h9H,7-8H2,1-6H3,(H,17,18)/t9-/m0/s1. The molecule has 7 heteroatoms. The summed E-state index contributed by atoms with van der Waals surface area (Å²) in [5.74, 6) is -1.41. The average Bonchev–Trinajstić information content (AvgIpc) is 2.31. The molecule has 0 aliphatic carbocycles. The second kappa shape index (κ2) is 7.12. The summed E-state index contributed by atoms with van der Waals surface area (Å²) in [4.78, 5) is 36.7. The molecule has 0 aliphatic heterocycles. The lowest BCUT2D eigenvalue weighted by Gasteiger charge is -2.26. The van der Waals surface area contributed by atoms with Gasteiger partial charge in [0.2, 0.25) is 5.91 Å². The first-order valence-corrected chi connectivity index (χ1v) is 6.38. The summed E-state index contributed by atoms with van der Waals surface area (Å²) < 4.78 is 5.15. The minimum Gasteiger partial charge on any atom is -0.480 e. The minimum absolute atomic E-state index is 0.0455. The number of ether oxygens (including phenoxy) is 1. The van der Waals surface area contributed by atoms with Gasteiger partial charge >= 0.3 is 12.1 Å². The van der Waals surface area contributed by atoms with E-state index in [2.05, 4.69) is 0 Å². The van der Waals surface area contributed by atoms with E-state index in [4.69, 9.17) is 9.84 Å². The predicted octanol–water partition coefficient (Wildman–Crippen LogP) is 1.17. The summed E-state index contributed by atoms with van der Waals surface area (Å²) >= 11 is 0. The van der Waals surface area contributed by atoms with Crippen molar-refractivity contribution < 1.29 is 24.2 Å². The van der Waals surface area contributed by atoms with E-state index in [1.807, 2.05) is 0 Å². The molecule has 0 aliphatic rings. The molecule has 0 saturated carbocycles. The SMILES string of the molecule is C[C@@H](C(=O)O)N(C)C(=O)CCN(C)C(=O)OC(C)(C)C. The zero-order valence-corrected chi connectivity index (χ0v) is 13.0. The van der Waals surface area contributed by atoms with Crippen LogP contribution in [0.15, 0.2) is 0 Å². The van der Waals surface area contributed by atoms with Crippen molar-refractivity contribution in [2.75, 3.05) is 20.6 Å². The number of likely N-dealkylation sites (N-methyl/N-ethyl adjacent to an activating group) is 1. The van der Waals surface area contributed by atoms with Crippen LogP contribution < -0.4 is 0 Å². The number of rotatable bonds is 5. The van der Waals surface area contributed by atoms with Gasteiger partial charge in [-0.2, -0.15) is 0 Å². The van der Waals surface area contributed by atoms with Gasteiger partial charge in [0, 0.05) is 27.1 Å². The minimum atomic E-state index is -1.07. The summed E-state index contributed by atoms with van der Waals surface area (Å²) in [6, 6.07) is -0.894. The highest BCUT2D eigenvalue weighted by molar-refractivity contribution is 5.83. The third kappa shape index (κ3) is 6.40. The molecule has 0 radical (unpaired) electrons. The van der Waals surface area contributed by atoms with Gasteiger partial charge in [-0.1, -0.05) is 0 Å². The highest BCUT2D eigenvalue weighted by atomic mass is 16.6. The zero-order valence-electron chi connectivity index (χ0n) is 13.0. The molecule has 0 bridgehead atoms. The van der Waals surface area contributed by atoms with Crippen LogP contribution in [0.3, 0.4) is 0 Å². The predicted molar refractivity (Wildman–Crippen MR) is 73.3 cm³/mol. The molecule has 7 nitrogen and oxygen atoms in total. The molecule has 116 valence electrons. The van der Waals surface area contributed by atoms with E-state index in [1.54, 1.807) is 20.8 Å². The number of carbonyl (C=O) groups is 3. The summed E-state index contributed by atoms with van der Waals surface area (Å²) in [7, 11) is 2.95. The second-order valence-electron chi connectivity index (χ2n) is 5.67. The summed E-state index contributed by atoms with van der Waals surface area (Å²) in [6.45, 7) is 6.87.